The van der Waals surface area contributed by atoms with Gasteiger partial charge in [-0.05, 0) is 0 Å². The molecule has 0 aromatic carbocycles. The summed E-state index contributed by atoms with van der Waals surface area (Å²) < 4.78 is 16.8. The zero-order chi connectivity index (χ0) is 12.5. The predicted octanol–water partition coefficient (Wildman–Crippen LogP) is 4.89. The summed E-state index contributed by atoms with van der Waals surface area (Å²) in [5.41, 5.74) is 0. The van der Waals surface area contributed by atoms with Crippen LogP contribution in [0.2, 0.25) is 0 Å². The predicted molar refractivity (Wildman–Crippen MR) is 63.2 cm³/mol. The molecule has 0 N–H and O–H groups in total. The van der Waals surface area contributed by atoms with Crippen LogP contribution in [0.5, 0.6) is 0 Å². The van der Waals surface area contributed by atoms with Gasteiger partial charge < -0.3 is 6.92 Å². The van der Waals surface area contributed by atoms with Crippen LogP contribution in [0.1, 0.15) is 77.6 Å². The fourth-order valence-corrected chi connectivity index (χ4v) is 1.66. The van der Waals surface area contributed by atoms with Crippen molar-refractivity contribution in [3.8, 4) is 0 Å². The van der Waals surface area contributed by atoms with E-state index in [9.17, 15) is 0 Å². The molecule has 0 atom stereocenters. The van der Waals surface area contributed by atoms with Gasteiger partial charge in [-0.1, -0.05) is 71.1 Å². The summed E-state index contributed by atoms with van der Waals surface area (Å²) in [5.74, 6) is 0. The molecule has 0 aliphatic carbocycles. The van der Waals surface area contributed by atoms with Gasteiger partial charge in [0, 0.05) is 0 Å². The summed E-state index contributed by atoms with van der Waals surface area (Å²) >= 11 is -1.25. The van der Waals surface area contributed by atoms with Crippen LogP contribution < -0.4 is 0 Å². The van der Waals surface area contributed by atoms with E-state index in [1.807, 2.05) is 0 Å². The summed E-state index contributed by atoms with van der Waals surface area (Å²) in [5, 5.41) is 0. The SMILES string of the molecule is [CH2-]CCCCCCCCCCCC.[O]=[Fe]=[O]. The van der Waals surface area contributed by atoms with E-state index < -0.39 is 14.8 Å². The fourth-order valence-electron chi connectivity index (χ4n) is 1.66. The molecule has 0 bridgehead atoms. The van der Waals surface area contributed by atoms with Gasteiger partial charge in [0.1, 0.15) is 0 Å². The van der Waals surface area contributed by atoms with Crippen LogP contribution in [-0.2, 0) is 22.5 Å². The zero-order valence-electron chi connectivity index (χ0n) is 10.7. The van der Waals surface area contributed by atoms with Crippen LogP contribution in [0.15, 0.2) is 0 Å². The average Bonchev–Trinajstić information content (AvgIpc) is 2.28. The van der Waals surface area contributed by atoms with Crippen molar-refractivity contribution in [2.24, 2.45) is 0 Å². The second kappa shape index (κ2) is 20.5. The second-order valence-electron chi connectivity index (χ2n) is 4.09. The Labute approximate surface area is 107 Å². The van der Waals surface area contributed by atoms with Gasteiger partial charge in [0.25, 0.3) is 0 Å². The maximum atomic E-state index is 8.38. The summed E-state index contributed by atoms with van der Waals surface area (Å²) in [7, 11) is 0. The van der Waals surface area contributed by atoms with Crippen LogP contribution in [0, 0.1) is 6.92 Å². The molecule has 0 amide bonds. The van der Waals surface area contributed by atoms with E-state index in [1.165, 1.54) is 64.2 Å². The quantitative estimate of drug-likeness (QED) is 0.322. The maximum absolute atomic E-state index is 8.38. The first-order valence-electron chi connectivity index (χ1n) is 6.50. The molecule has 0 aliphatic heterocycles. The van der Waals surface area contributed by atoms with E-state index in [0.29, 0.717) is 0 Å². The standard InChI is InChI=1S/C13H27.Fe.2O/c1-3-5-7-9-11-13-12-10-8-6-4-2;;;/h1,3-13H2,2H3;;;/q-1;;;. The summed E-state index contributed by atoms with van der Waals surface area (Å²) in [4.78, 5) is 0. The minimum absolute atomic E-state index is 1.12. The molecule has 16 heavy (non-hydrogen) atoms. The first-order valence-corrected chi connectivity index (χ1v) is 7.40. The Morgan fingerprint density at radius 1 is 0.750 bits per heavy atom. The summed E-state index contributed by atoms with van der Waals surface area (Å²) in [6, 6.07) is 0. The number of hydrogen-bond donors (Lipinski definition) is 0. The van der Waals surface area contributed by atoms with Gasteiger partial charge in [-0.2, -0.15) is 6.42 Å². The third kappa shape index (κ3) is 23.7. The number of unbranched alkanes of at least 4 members (excludes halogenated alkanes) is 10. The van der Waals surface area contributed by atoms with E-state index in [0.717, 1.165) is 6.42 Å². The third-order valence-electron chi connectivity index (χ3n) is 2.60. The van der Waals surface area contributed by atoms with Gasteiger partial charge in [0.2, 0.25) is 0 Å². The van der Waals surface area contributed by atoms with Crippen molar-refractivity contribution >= 4 is 0 Å². The normalized spacial score (nSPS) is 9.62. The van der Waals surface area contributed by atoms with Gasteiger partial charge in [-0.25, -0.2) is 0 Å². The van der Waals surface area contributed by atoms with Crippen molar-refractivity contribution in [3.05, 3.63) is 6.92 Å². The Kier molecular flexibility index (Phi) is 23.7. The molecule has 0 saturated heterocycles. The second-order valence-corrected chi connectivity index (χ2v) is 4.28. The van der Waals surface area contributed by atoms with E-state index in [2.05, 4.69) is 13.8 Å². The van der Waals surface area contributed by atoms with Crippen LogP contribution in [0.4, 0.5) is 0 Å². The third-order valence-corrected chi connectivity index (χ3v) is 2.60. The zero-order valence-corrected chi connectivity index (χ0v) is 11.8. The van der Waals surface area contributed by atoms with Crippen molar-refractivity contribution in [1.82, 2.24) is 0 Å². The molecule has 0 rings (SSSR count). The molecule has 3 heteroatoms. The Morgan fingerprint density at radius 2 is 1.06 bits per heavy atom. The van der Waals surface area contributed by atoms with Crippen LogP contribution in [-0.4, -0.2) is 0 Å². The van der Waals surface area contributed by atoms with Crippen molar-refractivity contribution in [2.75, 3.05) is 0 Å². The molecule has 100 valence electrons. The molecule has 0 spiro atoms. The van der Waals surface area contributed by atoms with Crippen molar-refractivity contribution in [1.29, 1.82) is 0 Å². The van der Waals surface area contributed by atoms with Gasteiger partial charge in [0.15, 0.2) is 0 Å². The Bertz CT molecular complexity index is 133. The molecular weight excluding hydrogens is 244 g/mol. The van der Waals surface area contributed by atoms with E-state index in [-0.39, 0.29) is 0 Å². The Hall–Kier alpha value is 0.119. The number of rotatable bonds is 10. The van der Waals surface area contributed by atoms with Crippen molar-refractivity contribution in [2.45, 2.75) is 77.6 Å². The van der Waals surface area contributed by atoms with Gasteiger partial charge in [-0.15, -0.1) is 0 Å². The monoisotopic (exact) mass is 271 g/mol. The van der Waals surface area contributed by atoms with Gasteiger partial charge >= 0.3 is 22.5 Å². The molecular formula is C13H27FeO2-. The fraction of sp³-hybridized carbons (Fsp3) is 0.923. The summed E-state index contributed by atoms with van der Waals surface area (Å²) in [6.45, 7) is 6.13. The molecule has 2 nitrogen and oxygen atoms in total. The first kappa shape index (κ1) is 18.5. The Morgan fingerprint density at radius 3 is 1.38 bits per heavy atom. The van der Waals surface area contributed by atoms with Crippen molar-refractivity contribution < 1.29 is 22.5 Å². The molecule has 0 aromatic rings. The Balaban J connectivity index is 0. The van der Waals surface area contributed by atoms with E-state index >= 15 is 0 Å². The molecule has 0 unspecified atom stereocenters. The van der Waals surface area contributed by atoms with Crippen molar-refractivity contribution in [3.63, 3.8) is 0 Å². The van der Waals surface area contributed by atoms with Gasteiger partial charge in [0.05, 0.1) is 0 Å². The van der Waals surface area contributed by atoms with Crippen LogP contribution in [0.25, 0.3) is 0 Å². The van der Waals surface area contributed by atoms with Crippen LogP contribution in [0.3, 0.4) is 0 Å². The van der Waals surface area contributed by atoms with E-state index in [1.54, 1.807) is 0 Å². The topological polar surface area (TPSA) is 34.1 Å². The summed E-state index contributed by atoms with van der Waals surface area (Å²) in [6.07, 6.45) is 15.4. The molecule has 0 saturated carbocycles. The molecule has 0 heterocycles. The van der Waals surface area contributed by atoms with E-state index in [4.69, 9.17) is 7.67 Å². The number of hydrogen-bond acceptors (Lipinski definition) is 2. The molecule has 0 fully saturated rings. The van der Waals surface area contributed by atoms with Crippen LogP contribution >= 0.6 is 0 Å². The first-order chi connectivity index (χ1) is 7.83. The minimum atomic E-state index is -1.25. The molecule has 0 aliphatic rings. The van der Waals surface area contributed by atoms with Gasteiger partial charge in [-0.3, -0.25) is 0 Å². The molecule has 0 aromatic heterocycles. The molecule has 0 radical (unpaired) electrons. The average molecular weight is 271 g/mol.